The molecular weight excluding hydrogens is 444 g/mol. The lowest BCUT2D eigenvalue weighted by Crippen LogP contribution is -2.15. The van der Waals surface area contributed by atoms with Crippen molar-refractivity contribution in [1.82, 2.24) is 14.8 Å². The molecule has 166 valence electrons. The number of hydrogen-bond donors (Lipinski definition) is 1. The lowest BCUT2D eigenvalue weighted by Gasteiger charge is -2.08. The molecule has 0 spiro atoms. The number of thioether (sulfide) groups is 2. The smallest absolute Gasteiger partial charge is 0.337 e. The number of allylic oxidation sites excluding steroid dienone is 1. The van der Waals surface area contributed by atoms with Crippen molar-refractivity contribution in [3.05, 3.63) is 78.1 Å². The Morgan fingerprint density at radius 1 is 1.09 bits per heavy atom. The van der Waals surface area contributed by atoms with Gasteiger partial charge in [-0.15, -0.1) is 28.5 Å². The van der Waals surface area contributed by atoms with Gasteiger partial charge in [0.05, 0.1) is 24.2 Å². The number of nitrogens with zero attached hydrogens (tertiary/aromatic N) is 3. The first-order valence-electron chi connectivity index (χ1n) is 9.83. The Morgan fingerprint density at radius 2 is 1.81 bits per heavy atom. The van der Waals surface area contributed by atoms with Crippen LogP contribution in [0.4, 0.5) is 5.69 Å². The van der Waals surface area contributed by atoms with Crippen LogP contribution < -0.4 is 5.32 Å². The molecule has 0 fully saturated rings. The number of hydrogen-bond acceptors (Lipinski definition) is 7. The van der Waals surface area contributed by atoms with E-state index in [1.165, 1.54) is 24.4 Å². The average molecular weight is 469 g/mol. The molecule has 0 aliphatic carbocycles. The molecule has 1 amide bonds. The Bertz CT molecular complexity index is 1080. The zero-order chi connectivity index (χ0) is 22.9. The van der Waals surface area contributed by atoms with Crippen LogP contribution in [0, 0.1) is 6.92 Å². The van der Waals surface area contributed by atoms with E-state index in [9.17, 15) is 9.59 Å². The zero-order valence-electron chi connectivity index (χ0n) is 17.9. The topological polar surface area (TPSA) is 86.1 Å². The van der Waals surface area contributed by atoms with Crippen LogP contribution in [0.15, 0.2) is 71.2 Å². The minimum absolute atomic E-state index is 0.176. The van der Waals surface area contributed by atoms with Crippen LogP contribution in [0.3, 0.4) is 0 Å². The lowest BCUT2D eigenvalue weighted by molar-refractivity contribution is -0.113. The molecule has 2 aromatic carbocycles. The molecule has 0 bridgehead atoms. The fourth-order valence-electron chi connectivity index (χ4n) is 2.76. The third-order valence-electron chi connectivity index (χ3n) is 4.42. The molecule has 0 aliphatic heterocycles. The molecule has 3 aromatic rings. The predicted molar refractivity (Wildman–Crippen MR) is 128 cm³/mol. The van der Waals surface area contributed by atoms with E-state index in [1.807, 2.05) is 4.57 Å². The molecule has 3 rings (SSSR count). The molecule has 32 heavy (non-hydrogen) atoms. The van der Waals surface area contributed by atoms with Gasteiger partial charge in [-0.3, -0.25) is 4.79 Å². The zero-order valence-corrected chi connectivity index (χ0v) is 19.5. The van der Waals surface area contributed by atoms with Crippen LogP contribution in [-0.4, -0.2) is 39.5 Å². The molecule has 0 atom stereocenters. The van der Waals surface area contributed by atoms with Gasteiger partial charge in [0.2, 0.25) is 5.91 Å². The van der Waals surface area contributed by atoms with Gasteiger partial charge in [0.1, 0.15) is 5.82 Å². The minimum Gasteiger partial charge on any atom is -0.465 e. The number of carbonyl (C=O) groups excluding carboxylic acids is 2. The molecule has 0 saturated carbocycles. The Kier molecular flexibility index (Phi) is 8.52. The van der Waals surface area contributed by atoms with Crippen LogP contribution in [0.2, 0.25) is 0 Å². The Morgan fingerprint density at radius 3 is 2.47 bits per heavy atom. The van der Waals surface area contributed by atoms with Crippen LogP contribution >= 0.6 is 23.5 Å². The van der Waals surface area contributed by atoms with Crippen molar-refractivity contribution in [3.63, 3.8) is 0 Å². The summed E-state index contributed by atoms with van der Waals surface area (Å²) in [6, 6.07) is 14.9. The molecule has 1 heterocycles. The van der Waals surface area contributed by atoms with Crippen LogP contribution in [-0.2, 0) is 21.8 Å². The van der Waals surface area contributed by atoms with E-state index in [1.54, 1.807) is 42.1 Å². The summed E-state index contributed by atoms with van der Waals surface area (Å²) in [5.74, 6) is 1.08. The second-order valence-corrected chi connectivity index (χ2v) is 8.80. The summed E-state index contributed by atoms with van der Waals surface area (Å²) in [5, 5.41) is 12.1. The van der Waals surface area contributed by atoms with E-state index >= 15 is 0 Å². The van der Waals surface area contributed by atoms with Gasteiger partial charge in [0.15, 0.2) is 5.16 Å². The molecule has 0 radical (unpaired) electrons. The quantitative estimate of drug-likeness (QED) is 0.265. The second kappa shape index (κ2) is 11.5. The molecule has 9 heteroatoms. The number of ether oxygens (including phenoxy) is 1. The maximum atomic E-state index is 12.4. The summed E-state index contributed by atoms with van der Waals surface area (Å²) in [6.07, 6.45) is 1.79. The third-order valence-corrected chi connectivity index (χ3v) is 6.39. The molecular formula is C23H24N4O3S2. The van der Waals surface area contributed by atoms with E-state index in [-0.39, 0.29) is 11.7 Å². The SMILES string of the molecule is C=CCn1c(CSc2ccc(C)cc2)nnc1SCC(=O)Nc1ccc(C(=O)OC)cc1. The van der Waals surface area contributed by atoms with Crippen LogP contribution in [0.5, 0.6) is 0 Å². The van der Waals surface area contributed by atoms with Gasteiger partial charge in [0, 0.05) is 17.1 Å². The third kappa shape index (κ3) is 6.48. The highest BCUT2D eigenvalue weighted by molar-refractivity contribution is 7.99. The number of benzene rings is 2. The predicted octanol–water partition coefficient (Wildman–Crippen LogP) is 4.58. The number of amides is 1. The number of anilines is 1. The van der Waals surface area contributed by atoms with E-state index in [2.05, 4.69) is 58.0 Å². The number of esters is 1. The molecule has 0 saturated heterocycles. The number of aromatic nitrogens is 3. The maximum absolute atomic E-state index is 12.4. The van der Waals surface area contributed by atoms with Crippen molar-refractivity contribution in [1.29, 1.82) is 0 Å². The fourth-order valence-corrected chi connectivity index (χ4v) is 4.37. The first-order valence-corrected chi connectivity index (χ1v) is 11.8. The van der Waals surface area contributed by atoms with Gasteiger partial charge in [-0.05, 0) is 43.3 Å². The largest absolute Gasteiger partial charge is 0.465 e. The monoisotopic (exact) mass is 468 g/mol. The first-order chi connectivity index (χ1) is 15.5. The van der Waals surface area contributed by atoms with Crippen molar-refractivity contribution in [2.75, 3.05) is 18.2 Å². The van der Waals surface area contributed by atoms with Crippen LogP contribution in [0.1, 0.15) is 21.7 Å². The standard InChI is InChI=1S/C23H24N4O3S2/c1-4-13-27-20(14-31-19-11-5-16(2)6-12-19)25-26-23(27)32-15-21(28)24-18-9-7-17(8-10-18)22(29)30-3/h4-12H,1,13-15H2,2-3H3,(H,24,28). The number of rotatable bonds is 10. The number of aryl methyl sites for hydroxylation is 1. The second-order valence-electron chi connectivity index (χ2n) is 6.81. The summed E-state index contributed by atoms with van der Waals surface area (Å²) in [6.45, 7) is 6.44. The van der Waals surface area contributed by atoms with E-state index in [0.717, 1.165) is 10.7 Å². The normalized spacial score (nSPS) is 10.6. The molecule has 1 aromatic heterocycles. The van der Waals surface area contributed by atoms with Gasteiger partial charge >= 0.3 is 5.97 Å². The molecule has 0 aliphatic rings. The highest BCUT2D eigenvalue weighted by Crippen LogP contribution is 2.25. The Labute approximate surface area is 195 Å². The van der Waals surface area contributed by atoms with Gasteiger partial charge in [0.25, 0.3) is 0 Å². The lowest BCUT2D eigenvalue weighted by atomic mass is 10.2. The number of methoxy groups -OCH3 is 1. The highest BCUT2D eigenvalue weighted by atomic mass is 32.2. The Balaban J connectivity index is 1.57. The summed E-state index contributed by atoms with van der Waals surface area (Å²) in [5.41, 5.74) is 2.25. The summed E-state index contributed by atoms with van der Waals surface area (Å²) < 4.78 is 6.64. The first kappa shape index (κ1) is 23.6. The summed E-state index contributed by atoms with van der Waals surface area (Å²) in [4.78, 5) is 25.0. The van der Waals surface area contributed by atoms with Crippen molar-refractivity contribution < 1.29 is 14.3 Å². The van der Waals surface area contributed by atoms with E-state index < -0.39 is 5.97 Å². The van der Waals surface area contributed by atoms with E-state index in [0.29, 0.717) is 28.7 Å². The molecule has 1 N–H and O–H groups in total. The highest BCUT2D eigenvalue weighted by Gasteiger charge is 2.14. The van der Waals surface area contributed by atoms with Crippen molar-refractivity contribution in [2.24, 2.45) is 0 Å². The van der Waals surface area contributed by atoms with E-state index in [4.69, 9.17) is 0 Å². The summed E-state index contributed by atoms with van der Waals surface area (Å²) in [7, 11) is 1.33. The van der Waals surface area contributed by atoms with Crippen molar-refractivity contribution >= 4 is 41.1 Å². The fraction of sp³-hybridized carbons (Fsp3) is 0.217. The van der Waals surface area contributed by atoms with Gasteiger partial charge < -0.3 is 14.6 Å². The van der Waals surface area contributed by atoms with Crippen LogP contribution in [0.25, 0.3) is 0 Å². The average Bonchev–Trinajstić information content (AvgIpc) is 3.19. The van der Waals surface area contributed by atoms with Crippen molar-refractivity contribution in [2.45, 2.75) is 29.3 Å². The number of nitrogens with one attached hydrogen (secondary N) is 1. The van der Waals surface area contributed by atoms with Gasteiger partial charge in [-0.1, -0.05) is 35.5 Å². The molecule has 0 unspecified atom stereocenters. The Hall–Kier alpha value is -3.04. The minimum atomic E-state index is -0.420. The van der Waals surface area contributed by atoms with Gasteiger partial charge in [-0.25, -0.2) is 4.79 Å². The number of carbonyl (C=O) groups is 2. The maximum Gasteiger partial charge on any atom is 0.337 e. The molecule has 7 nitrogen and oxygen atoms in total. The summed E-state index contributed by atoms with van der Waals surface area (Å²) >= 11 is 3.00. The van der Waals surface area contributed by atoms with Gasteiger partial charge in [-0.2, -0.15) is 0 Å². The van der Waals surface area contributed by atoms with Crippen molar-refractivity contribution in [3.8, 4) is 0 Å².